The number of amides is 1. The quantitative estimate of drug-likeness (QED) is 0.832. The second-order valence-electron chi connectivity index (χ2n) is 5.61. The summed E-state index contributed by atoms with van der Waals surface area (Å²) < 4.78 is 10.2. The summed E-state index contributed by atoms with van der Waals surface area (Å²) in [6.07, 6.45) is 0.136. The molecule has 0 saturated heterocycles. The van der Waals surface area contributed by atoms with Crippen LogP contribution >= 0.6 is 0 Å². The normalized spacial score (nSPS) is 10.6. The smallest absolute Gasteiger partial charge is 0.310 e. The molecule has 0 saturated carbocycles. The molecule has 5 heteroatoms. The van der Waals surface area contributed by atoms with Gasteiger partial charge in [0.15, 0.2) is 6.61 Å². The number of hydrogen-bond donors (Lipinski definition) is 1. The number of benzene rings is 2. The minimum Gasteiger partial charge on any atom is -0.497 e. The second kappa shape index (κ2) is 7.63. The Labute approximate surface area is 135 Å². The van der Waals surface area contributed by atoms with Crippen molar-refractivity contribution in [1.29, 1.82) is 0 Å². The van der Waals surface area contributed by atoms with Crippen LogP contribution in [0.1, 0.15) is 19.4 Å². The van der Waals surface area contributed by atoms with Crippen molar-refractivity contribution < 1.29 is 19.1 Å². The number of carbonyl (C=O) groups excluding carboxylic acids is 2. The fraction of sp³-hybridized carbons (Fsp3) is 0.333. The highest BCUT2D eigenvalue weighted by Crippen LogP contribution is 2.22. The van der Waals surface area contributed by atoms with Crippen molar-refractivity contribution in [3.05, 3.63) is 42.0 Å². The van der Waals surface area contributed by atoms with E-state index in [1.165, 1.54) is 0 Å². The van der Waals surface area contributed by atoms with Gasteiger partial charge in [-0.05, 0) is 42.3 Å². The summed E-state index contributed by atoms with van der Waals surface area (Å²) in [5, 5.41) is 4.73. The molecular formula is C18H21NO4. The summed E-state index contributed by atoms with van der Waals surface area (Å²) in [5.74, 6) is 0.0801. The molecule has 0 fully saturated rings. The monoisotopic (exact) mass is 315 g/mol. The number of carbonyl (C=O) groups is 2. The zero-order chi connectivity index (χ0) is 16.8. The molecule has 0 spiro atoms. The maximum absolute atomic E-state index is 11.8. The van der Waals surface area contributed by atoms with Gasteiger partial charge in [-0.1, -0.05) is 24.3 Å². The van der Waals surface area contributed by atoms with Gasteiger partial charge in [0.25, 0.3) is 5.91 Å². The minimum absolute atomic E-state index is 0.0266. The lowest BCUT2D eigenvalue weighted by Gasteiger charge is -2.09. The first-order valence-corrected chi connectivity index (χ1v) is 7.49. The summed E-state index contributed by atoms with van der Waals surface area (Å²) in [6.45, 7) is 3.45. The van der Waals surface area contributed by atoms with Crippen LogP contribution in [0.5, 0.6) is 5.75 Å². The molecule has 5 nitrogen and oxygen atoms in total. The zero-order valence-electron chi connectivity index (χ0n) is 13.6. The molecule has 0 aliphatic heterocycles. The average molecular weight is 315 g/mol. The lowest BCUT2D eigenvalue weighted by Crippen LogP contribution is -2.34. The highest BCUT2D eigenvalue weighted by molar-refractivity contribution is 5.86. The van der Waals surface area contributed by atoms with E-state index in [0.717, 1.165) is 22.1 Å². The van der Waals surface area contributed by atoms with Crippen molar-refractivity contribution in [2.45, 2.75) is 26.3 Å². The third-order valence-corrected chi connectivity index (χ3v) is 3.27. The fourth-order valence-electron chi connectivity index (χ4n) is 2.24. The molecule has 0 heterocycles. The van der Waals surface area contributed by atoms with Gasteiger partial charge in [0.2, 0.25) is 0 Å². The predicted octanol–water partition coefficient (Wildman–Crippen LogP) is 2.46. The number of methoxy groups -OCH3 is 1. The third kappa shape index (κ3) is 4.98. The zero-order valence-corrected chi connectivity index (χ0v) is 13.6. The third-order valence-electron chi connectivity index (χ3n) is 3.27. The standard InChI is InChI=1S/C18H21NO4/c1-12(2)19-17(20)11-23-18(21)9-13-4-5-15-10-16(22-3)7-6-14(15)8-13/h4-8,10,12H,9,11H2,1-3H3,(H,19,20). The van der Waals surface area contributed by atoms with Crippen LogP contribution in [0.4, 0.5) is 0 Å². The van der Waals surface area contributed by atoms with Crippen molar-refractivity contribution in [3.8, 4) is 5.75 Å². The SMILES string of the molecule is COc1ccc2cc(CC(=O)OCC(=O)NC(C)C)ccc2c1. The van der Waals surface area contributed by atoms with E-state index in [4.69, 9.17) is 9.47 Å². The predicted molar refractivity (Wildman–Crippen MR) is 88.4 cm³/mol. The van der Waals surface area contributed by atoms with Gasteiger partial charge in [0, 0.05) is 6.04 Å². The second-order valence-corrected chi connectivity index (χ2v) is 5.61. The summed E-state index contributed by atoms with van der Waals surface area (Å²) in [7, 11) is 1.63. The van der Waals surface area contributed by atoms with Gasteiger partial charge in [0.1, 0.15) is 5.75 Å². The van der Waals surface area contributed by atoms with E-state index < -0.39 is 5.97 Å². The molecule has 1 N–H and O–H groups in total. The van der Waals surface area contributed by atoms with Gasteiger partial charge in [-0.3, -0.25) is 9.59 Å². The van der Waals surface area contributed by atoms with E-state index in [1.54, 1.807) is 7.11 Å². The van der Waals surface area contributed by atoms with Crippen LogP contribution in [0.25, 0.3) is 10.8 Å². The maximum Gasteiger partial charge on any atom is 0.310 e. The van der Waals surface area contributed by atoms with Crippen molar-refractivity contribution in [2.24, 2.45) is 0 Å². The summed E-state index contributed by atoms with van der Waals surface area (Å²) in [4.78, 5) is 23.3. The Morgan fingerprint density at radius 3 is 2.48 bits per heavy atom. The summed E-state index contributed by atoms with van der Waals surface area (Å²) in [6, 6.07) is 11.5. The van der Waals surface area contributed by atoms with E-state index in [9.17, 15) is 9.59 Å². The van der Waals surface area contributed by atoms with Crippen molar-refractivity contribution in [3.63, 3.8) is 0 Å². The van der Waals surface area contributed by atoms with Crippen molar-refractivity contribution in [2.75, 3.05) is 13.7 Å². The Morgan fingerprint density at radius 2 is 1.78 bits per heavy atom. The number of rotatable bonds is 6. The molecule has 2 rings (SSSR count). The first-order chi connectivity index (χ1) is 11.0. The first-order valence-electron chi connectivity index (χ1n) is 7.49. The van der Waals surface area contributed by atoms with E-state index in [-0.39, 0.29) is 25.0 Å². The van der Waals surface area contributed by atoms with E-state index in [1.807, 2.05) is 50.2 Å². The average Bonchev–Trinajstić information content (AvgIpc) is 2.51. The van der Waals surface area contributed by atoms with Crippen LogP contribution in [0.3, 0.4) is 0 Å². The number of nitrogens with one attached hydrogen (secondary N) is 1. The van der Waals surface area contributed by atoms with Crippen LogP contribution < -0.4 is 10.1 Å². The Balaban J connectivity index is 1.95. The molecule has 0 bridgehead atoms. The Morgan fingerprint density at radius 1 is 1.09 bits per heavy atom. The molecule has 122 valence electrons. The Bertz CT molecular complexity index is 709. The molecule has 0 aliphatic carbocycles. The Hall–Kier alpha value is -2.56. The van der Waals surface area contributed by atoms with Gasteiger partial charge in [0.05, 0.1) is 13.5 Å². The molecule has 0 aromatic heterocycles. The molecule has 2 aromatic rings. The van der Waals surface area contributed by atoms with Crippen molar-refractivity contribution in [1.82, 2.24) is 5.32 Å². The number of ether oxygens (including phenoxy) is 2. The first kappa shape index (κ1) is 16.8. The molecule has 1 amide bonds. The van der Waals surface area contributed by atoms with E-state index in [2.05, 4.69) is 5.32 Å². The summed E-state index contributed by atoms with van der Waals surface area (Å²) >= 11 is 0. The maximum atomic E-state index is 11.8. The molecule has 0 radical (unpaired) electrons. The molecule has 0 aliphatic rings. The number of hydrogen-bond acceptors (Lipinski definition) is 4. The Kier molecular flexibility index (Phi) is 5.57. The lowest BCUT2D eigenvalue weighted by molar-refractivity contribution is -0.148. The van der Waals surface area contributed by atoms with Crippen LogP contribution in [0, 0.1) is 0 Å². The molecule has 2 aromatic carbocycles. The highest BCUT2D eigenvalue weighted by Gasteiger charge is 2.10. The van der Waals surface area contributed by atoms with Gasteiger partial charge in [-0.2, -0.15) is 0 Å². The number of fused-ring (bicyclic) bond motifs is 1. The number of esters is 1. The van der Waals surface area contributed by atoms with E-state index in [0.29, 0.717) is 0 Å². The largest absolute Gasteiger partial charge is 0.497 e. The van der Waals surface area contributed by atoms with Crippen LogP contribution in [-0.4, -0.2) is 31.6 Å². The van der Waals surface area contributed by atoms with Gasteiger partial charge in [-0.15, -0.1) is 0 Å². The van der Waals surface area contributed by atoms with Gasteiger partial charge >= 0.3 is 5.97 Å². The van der Waals surface area contributed by atoms with Crippen molar-refractivity contribution >= 4 is 22.6 Å². The minimum atomic E-state index is -0.420. The fourth-order valence-corrected chi connectivity index (χ4v) is 2.24. The molecule has 0 atom stereocenters. The summed E-state index contributed by atoms with van der Waals surface area (Å²) in [5.41, 5.74) is 0.844. The topological polar surface area (TPSA) is 64.6 Å². The lowest BCUT2D eigenvalue weighted by atomic mass is 10.0. The highest BCUT2D eigenvalue weighted by atomic mass is 16.5. The van der Waals surface area contributed by atoms with Crippen LogP contribution in [0.2, 0.25) is 0 Å². The van der Waals surface area contributed by atoms with Crippen LogP contribution in [-0.2, 0) is 20.7 Å². The van der Waals surface area contributed by atoms with Crippen LogP contribution in [0.15, 0.2) is 36.4 Å². The van der Waals surface area contributed by atoms with Gasteiger partial charge in [-0.25, -0.2) is 0 Å². The molecular weight excluding hydrogens is 294 g/mol. The molecule has 23 heavy (non-hydrogen) atoms. The van der Waals surface area contributed by atoms with Gasteiger partial charge < -0.3 is 14.8 Å². The van der Waals surface area contributed by atoms with E-state index >= 15 is 0 Å². The molecule has 0 unspecified atom stereocenters.